The van der Waals surface area contributed by atoms with Gasteiger partial charge in [-0.05, 0) is 13.3 Å². The van der Waals surface area contributed by atoms with Gasteiger partial charge in [0.05, 0.1) is 18.1 Å². The first-order chi connectivity index (χ1) is 9.17. The molecule has 0 aromatic carbocycles. The van der Waals surface area contributed by atoms with Gasteiger partial charge in [-0.25, -0.2) is 4.98 Å². The van der Waals surface area contributed by atoms with E-state index in [-0.39, 0.29) is 0 Å². The van der Waals surface area contributed by atoms with E-state index >= 15 is 0 Å². The van der Waals surface area contributed by atoms with Gasteiger partial charge in [0.15, 0.2) is 0 Å². The first-order valence-corrected chi connectivity index (χ1v) is 7.31. The lowest BCUT2D eigenvalue weighted by atomic mass is 10.1. The molecule has 1 aliphatic rings. The highest BCUT2D eigenvalue weighted by molar-refractivity contribution is 5.06. The van der Waals surface area contributed by atoms with E-state index in [9.17, 15) is 0 Å². The van der Waals surface area contributed by atoms with Crippen LogP contribution in [0.5, 0.6) is 0 Å². The van der Waals surface area contributed by atoms with Gasteiger partial charge >= 0.3 is 0 Å². The molecule has 5 heteroatoms. The number of aromatic nitrogens is 2. The van der Waals surface area contributed by atoms with Crippen LogP contribution in [-0.2, 0) is 7.05 Å². The Bertz CT molecular complexity index is 381. The average molecular weight is 265 g/mol. The first kappa shape index (κ1) is 14.5. The molecule has 19 heavy (non-hydrogen) atoms. The zero-order valence-corrected chi connectivity index (χ0v) is 12.4. The fourth-order valence-electron chi connectivity index (χ4n) is 2.89. The molecule has 1 saturated heterocycles. The van der Waals surface area contributed by atoms with Crippen molar-refractivity contribution in [3.63, 3.8) is 0 Å². The Balaban J connectivity index is 1.98. The third kappa shape index (κ3) is 3.16. The van der Waals surface area contributed by atoms with Crippen LogP contribution in [-0.4, -0.2) is 58.1 Å². The molecule has 1 aromatic rings. The smallest absolute Gasteiger partial charge is 0.0946 e. The molecule has 2 rings (SSSR count). The van der Waals surface area contributed by atoms with Gasteiger partial charge in [-0.2, -0.15) is 0 Å². The van der Waals surface area contributed by atoms with Crippen LogP contribution >= 0.6 is 0 Å². The molecule has 2 N–H and O–H groups in total. The molecule has 0 radical (unpaired) electrons. The van der Waals surface area contributed by atoms with Crippen molar-refractivity contribution >= 4 is 0 Å². The minimum absolute atomic E-state index is 0.298. The lowest BCUT2D eigenvalue weighted by Crippen LogP contribution is -2.51. The second kappa shape index (κ2) is 6.50. The summed E-state index contributed by atoms with van der Waals surface area (Å²) in [6.07, 6.45) is 5.02. The van der Waals surface area contributed by atoms with Crippen molar-refractivity contribution in [2.24, 2.45) is 12.8 Å². The van der Waals surface area contributed by atoms with Crippen LogP contribution in [0.3, 0.4) is 0 Å². The van der Waals surface area contributed by atoms with Crippen LogP contribution in [0.4, 0.5) is 0 Å². The van der Waals surface area contributed by atoms with Crippen molar-refractivity contribution in [3.05, 3.63) is 18.2 Å². The maximum atomic E-state index is 5.99. The predicted octanol–water partition coefficient (Wildman–Crippen LogP) is 0.836. The Morgan fingerprint density at radius 3 is 2.37 bits per heavy atom. The van der Waals surface area contributed by atoms with Crippen LogP contribution in [0, 0.1) is 0 Å². The fourth-order valence-corrected chi connectivity index (χ4v) is 2.89. The van der Waals surface area contributed by atoms with E-state index in [1.165, 1.54) is 12.1 Å². The summed E-state index contributed by atoms with van der Waals surface area (Å²) in [4.78, 5) is 9.28. The van der Waals surface area contributed by atoms with Crippen molar-refractivity contribution in [1.82, 2.24) is 19.4 Å². The van der Waals surface area contributed by atoms with Crippen LogP contribution in [0.2, 0.25) is 0 Å². The number of imidazole rings is 1. The molecule has 2 unspecified atom stereocenters. The van der Waals surface area contributed by atoms with E-state index in [1.807, 2.05) is 19.6 Å². The first-order valence-electron chi connectivity index (χ1n) is 7.31. The zero-order valence-electron chi connectivity index (χ0n) is 12.4. The summed E-state index contributed by atoms with van der Waals surface area (Å²) in [5.41, 5.74) is 7.21. The minimum Gasteiger partial charge on any atom is -0.336 e. The molecule has 0 spiro atoms. The largest absolute Gasteiger partial charge is 0.336 e. The highest BCUT2D eigenvalue weighted by atomic mass is 15.3. The third-order valence-corrected chi connectivity index (χ3v) is 4.42. The van der Waals surface area contributed by atoms with Crippen molar-refractivity contribution in [3.8, 4) is 0 Å². The van der Waals surface area contributed by atoms with Gasteiger partial charge in [-0.15, -0.1) is 0 Å². The molecule has 0 saturated carbocycles. The van der Waals surface area contributed by atoms with Crippen LogP contribution in [0.25, 0.3) is 0 Å². The lowest BCUT2D eigenvalue weighted by Gasteiger charge is -2.41. The van der Waals surface area contributed by atoms with Crippen LogP contribution < -0.4 is 5.73 Å². The quantitative estimate of drug-likeness (QED) is 0.857. The highest BCUT2D eigenvalue weighted by Gasteiger charge is 2.26. The van der Waals surface area contributed by atoms with Crippen molar-refractivity contribution in [2.45, 2.75) is 32.4 Å². The Hall–Kier alpha value is -0.910. The SMILES string of the molecule is CCC(C)N1CCN(C(CN)c2cncn2C)CC1. The van der Waals surface area contributed by atoms with E-state index in [4.69, 9.17) is 5.73 Å². The van der Waals surface area contributed by atoms with E-state index in [0.29, 0.717) is 18.6 Å². The van der Waals surface area contributed by atoms with Crippen molar-refractivity contribution < 1.29 is 0 Å². The number of nitrogens with zero attached hydrogens (tertiary/aromatic N) is 4. The molecule has 108 valence electrons. The van der Waals surface area contributed by atoms with Gasteiger partial charge in [-0.3, -0.25) is 9.80 Å². The Morgan fingerprint density at radius 1 is 1.26 bits per heavy atom. The standard InChI is InChI=1S/C14H27N5/c1-4-12(2)18-5-7-19(8-6-18)13(9-15)14-10-16-11-17(14)3/h10-13H,4-9,15H2,1-3H3. The van der Waals surface area contributed by atoms with Gasteiger partial charge < -0.3 is 10.3 Å². The lowest BCUT2D eigenvalue weighted by molar-refractivity contribution is 0.0723. The summed E-state index contributed by atoms with van der Waals surface area (Å²) >= 11 is 0. The number of hydrogen-bond acceptors (Lipinski definition) is 4. The maximum absolute atomic E-state index is 5.99. The average Bonchev–Trinajstić information content (AvgIpc) is 2.86. The van der Waals surface area contributed by atoms with Crippen molar-refractivity contribution in [2.75, 3.05) is 32.7 Å². The molecule has 2 atom stereocenters. The molecular formula is C14H27N5. The van der Waals surface area contributed by atoms with Gasteiger partial charge in [0, 0.05) is 52.0 Å². The van der Waals surface area contributed by atoms with Gasteiger partial charge in [0.25, 0.3) is 0 Å². The highest BCUT2D eigenvalue weighted by Crippen LogP contribution is 2.21. The number of hydrogen-bond donors (Lipinski definition) is 1. The summed E-state index contributed by atoms with van der Waals surface area (Å²) in [6.45, 7) is 9.71. The zero-order chi connectivity index (χ0) is 13.8. The molecule has 5 nitrogen and oxygen atoms in total. The fraction of sp³-hybridized carbons (Fsp3) is 0.786. The molecule has 2 heterocycles. The summed E-state index contributed by atoms with van der Waals surface area (Å²) in [5, 5.41) is 0. The number of piperazine rings is 1. The number of aryl methyl sites for hydroxylation is 1. The number of rotatable bonds is 5. The predicted molar refractivity (Wildman–Crippen MR) is 77.9 cm³/mol. The second-order valence-electron chi connectivity index (χ2n) is 5.51. The molecule has 0 amide bonds. The topological polar surface area (TPSA) is 50.3 Å². The van der Waals surface area contributed by atoms with Gasteiger partial charge in [0.1, 0.15) is 0 Å². The van der Waals surface area contributed by atoms with E-state index < -0.39 is 0 Å². The molecule has 1 fully saturated rings. The van der Waals surface area contributed by atoms with E-state index in [1.54, 1.807) is 0 Å². The molecule has 0 bridgehead atoms. The monoisotopic (exact) mass is 265 g/mol. The number of nitrogens with two attached hydrogens (primary N) is 1. The third-order valence-electron chi connectivity index (χ3n) is 4.42. The van der Waals surface area contributed by atoms with E-state index in [2.05, 4.69) is 33.2 Å². The summed E-state index contributed by atoms with van der Waals surface area (Å²) in [6, 6.07) is 0.988. The van der Waals surface area contributed by atoms with E-state index in [0.717, 1.165) is 26.2 Å². The molecule has 1 aromatic heterocycles. The molecule has 0 aliphatic carbocycles. The van der Waals surface area contributed by atoms with Crippen LogP contribution in [0.1, 0.15) is 32.0 Å². The minimum atomic E-state index is 0.298. The molecular weight excluding hydrogens is 238 g/mol. The van der Waals surface area contributed by atoms with Crippen molar-refractivity contribution in [1.29, 1.82) is 0 Å². The second-order valence-corrected chi connectivity index (χ2v) is 5.51. The molecule has 1 aliphatic heterocycles. The Morgan fingerprint density at radius 2 is 1.89 bits per heavy atom. The Kier molecular flexibility index (Phi) is 4.96. The summed E-state index contributed by atoms with van der Waals surface area (Å²) in [7, 11) is 2.04. The van der Waals surface area contributed by atoms with Gasteiger partial charge in [-0.1, -0.05) is 6.92 Å². The summed E-state index contributed by atoms with van der Waals surface area (Å²) < 4.78 is 2.08. The normalized spacial score (nSPS) is 21.5. The summed E-state index contributed by atoms with van der Waals surface area (Å²) in [5.74, 6) is 0. The Labute approximate surface area is 116 Å². The maximum Gasteiger partial charge on any atom is 0.0946 e. The van der Waals surface area contributed by atoms with Gasteiger partial charge in [0.2, 0.25) is 0 Å². The van der Waals surface area contributed by atoms with Crippen LogP contribution in [0.15, 0.2) is 12.5 Å².